The number of nitrogens with zero attached hydrogens (tertiary/aromatic N) is 1. The number of esters is 1. The minimum Gasteiger partial charge on any atom is -0.462 e. The predicted octanol–water partition coefficient (Wildman–Crippen LogP) is 6.31. The molecule has 0 radical (unpaired) electrons. The number of anilines is 1. The summed E-state index contributed by atoms with van der Waals surface area (Å²) in [6.07, 6.45) is 0.749. The quantitative estimate of drug-likeness (QED) is 0.311. The number of benzene rings is 3. The molecule has 7 heteroatoms. The van der Waals surface area contributed by atoms with E-state index in [1.54, 1.807) is 6.92 Å². The van der Waals surface area contributed by atoms with Gasteiger partial charge >= 0.3 is 5.97 Å². The molecule has 4 aromatic rings. The number of nitrogens with one attached hydrogen (secondary N) is 1. The molecule has 0 fully saturated rings. The summed E-state index contributed by atoms with van der Waals surface area (Å²) in [5.74, 6) is -0.596. The monoisotopic (exact) mass is 506 g/mol. The number of amides is 1. The van der Waals surface area contributed by atoms with Crippen molar-refractivity contribution in [1.82, 2.24) is 4.90 Å². The van der Waals surface area contributed by atoms with Crippen LogP contribution in [-0.4, -0.2) is 29.9 Å². The van der Waals surface area contributed by atoms with Gasteiger partial charge in [-0.25, -0.2) is 4.79 Å². The Morgan fingerprint density at radius 2 is 1.74 bits per heavy atom. The van der Waals surface area contributed by atoms with Crippen LogP contribution >= 0.6 is 23.7 Å². The van der Waals surface area contributed by atoms with Gasteiger partial charge in [0.15, 0.2) is 0 Å². The van der Waals surface area contributed by atoms with Crippen molar-refractivity contribution in [3.8, 4) is 0 Å². The average molecular weight is 507 g/mol. The average Bonchev–Trinajstić information content (AvgIpc) is 3.21. The molecule has 0 spiro atoms. The number of carbonyl (C=O) groups excluding carboxylic acids is 2. The van der Waals surface area contributed by atoms with Gasteiger partial charge in [-0.3, -0.25) is 9.69 Å². The highest BCUT2D eigenvalue weighted by molar-refractivity contribution is 7.17. The molecule has 0 saturated carbocycles. The summed E-state index contributed by atoms with van der Waals surface area (Å²) in [7, 11) is 0. The van der Waals surface area contributed by atoms with E-state index in [-0.39, 0.29) is 24.3 Å². The summed E-state index contributed by atoms with van der Waals surface area (Å²) < 4.78 is 5.36. The van der Waals surface area contributed by atoms with E-state index in [1.165, 1.54) is 16.9 Å². The van der Waals surface area contributed by atoms with E-state index in [0.717, 1.165) is 47.3 Å². The summed E-state index contributed by atoms with van der Waals surface area (Å²) in [5.41, 5.74) is 3.33. The van der Waals surface area contributed by atoms with Crippen LogP contribution in [-0.2, 0) is 24.2 Å². The number of rotatable bonds is 6. The molecule has 2 heterocycles. The fraction of sp³-hybridized carbons (Fsp3) is 0.214. The van der Waals surface area contributed by atoms with Gasteiger partial charge in [-0.05, 0) is 47.4 Å². The molecule has 0 unspecified atom stereocenters. The van der Waals surface area contributed by atoms with Crippen LogP contribution in [0.4, 0.5) is 5.00 Å². The first-order chi connectivity index (χ1) is 16.6. The zero-order valence-electron chi connectivity index (χ0n) is 19.5. The Balaban J connectivity index is 0.00000289. The third-order valence-corrected chi connectivity index (χ3v) is 7.24. The number of halogens is 1. The van der Waals surface area contributed by atoms with E-state index in [0.29, 0.717) is 22.7 Å². The molecule has 0 saturated heterocycles. The Labute approximate surface area is 215 Å². The maximum absolute atomic E-state index is 13.1. The van der Waals surface area contributed by atoms with Gasteiger partial charge in [-0.1, -0.05) is 60.7 Å². The lowest BCUT2D eigenvalue weighted by Crippen LogP contribution is -2.29. The van der Waals surface area contributed by atoms with E-state index in [2.05, 4.69) is 34.5 Å². The SMILES string of the molecule is CCOC(=O)c1c(NC(=O)c2ccc3ccccc3c2)sc2c1CCN(Cc1ccccc1)C2.Cl. The summed E-state index contributed by atoms with van der Waals surface area (Å²) in [6, 6.07) is 24.0. The van der Waals surface area contributed by atoms with Gasteiger partial charge in [-0.2, -0.15) is 0 Å². The Morgan fingerprint density at radius 1 is 1.00 bits per heavy atom. The first-order valence-electron chi connectivity index (χ1n) is 11.5. The highest BCUT2D eigenvalue weighted by Crippen LogP contribution is 2.38. The molecule has 180 valence electrons. The number of ether oxygens (including phenoxy) is 1. The number of hydrogen-bond donors (Lipinski definition) is 1. The van der Waals surface area contributed by atoms with Crippen molar-refractivity contribution in [3.63, 3.8) is 0 Å². The molecule has 1 amide bonds. The standard InChI is InChI=1S/C28H26N2O3S.ClH/c1-2-33-28(32)25-23-14-15-30(17-19-8-4-3-5-9-19)18-24(23)34-27(25)29-26(31)22-13-12-20-10-6-7-11-21(20)16-22;/h3-13,16H,2,14-15,17-18H2,1H3,(H,29,31);1H. The molecule has 3 aromatic carbocycles. The van der Waals surface area contributed by atoms with Crippen LogP contribution < -0.4 is 5.32 Å². The molecule has 0 bridgehead atoms. The summed E-state index contributed by atoms with van der Waals surface area (Å²) in [4.78, 5) is 29.5. The van der Waals surface area contributed by atoms with Crippen LogP contribution in [0.3, 0.4) is 0 Å². The molecule has 0 atom stereocenters. The third-order valence-electron chi connectivity index (χ3n) is 6.10. The van der Waals surface area contributed by atoms with Crippen molar-refractivity contribution in [2.75, 3.05) is 18.5 Å². The molecule has 35 heavy (non-hydrogen) atoms. The fourth-order valence-corrected chi connectivity index (χ4v) is 5.72. The third kappa shape index (κ3) is 5.40. The predicted molar refractivity (Wildman–Crippen MR) is 144 cm³/mol. The molecule has 1 aliphatic rings. The van der Waals surface area contributed by atoms with E-state index in [4.69, 9.17) is 4.74 Å². The van der Waals surface area contributed by atoms with Crippen LogP contribution in [0.25, 0.3) is 10.8 Å². The van der Waals surface area contributed by atoms with E-state index in [1.807, 2.05) is 48.5 Å². The van der Waals surface area contributed by atoms with Gasteiger partial charge in [0.2, 0.25) is 0 Å². The molecule has 5 nitrogen and oxygen atoms in total. The van der Waals surface area contributed by atoms with Gasteiger partial charge in [0.25, 0.3) is 5.91 Å². The molecular weight excluding hydrogens is 480 g/mol. The van der Waals surface area contributed by atoms with Gasteiger partial charge < -0.3 is 10.1 Å². The smallest absolute Gasteiger partial charge is 0.341 e. The van der Waals surface area contributed by atoms with Crippen molar-refractivity contribution in [1.29, 1.82) is 0 Å². The fourth-order valence-electron chi connectivity index (χ4n) is 4.45. The number of fused-ring (bicyclic) bond motifs is 2. The molecule has 0 aliphatic carbocycles. The lowest BCUT2D eigenvalue weighted by molar-refractivity contribution is 0.0526. The second-order valence-electron chi connectivity index (χ2n) is 8.39. The second-order valence-corrected chi connectivity index (χ2v) is 9.50. The second kappa shape index (κ2) is 11.0. The maximum atomic E-state index is 13.1. The van der Waals surface area contributed by atoms with Crippen molar-refractivity contribution < 1.29 is 14.3 Å². The van der Waals surface area contributed by atoms with Crippen LogP contribution in [0.15, 0.2) is 72.8 Å². The summed E-state index contributed by atoms with van der Waals surface area (Å²) in [6.45, 7) is 4.54. The number of hydrogen-bond acceptors (Lipinski definition) is 5. The van der Waals surface area contributed by atoms with Crippen LogP contribution in [0.5, 0.6) is 0 Å². The zero-order valence-corrected chi connectivity index (χ0v) is 21.1. The van der Waals surface area contributed by atoms with Crippen molar-refractivity contribution in [2.45, 2.75) is 26.4 Å². The van der Waals surface area contributed by atoms with E-state index in [9.17, 15) is 9.59 Å². The Kier molecular flexibility index (Phi) is 7.86. The highest BCUT2D eigenvalue weighted by atomic mass is 35.5. The van der Waals surface area contributed by atoms with Gasteiger partial charge in [0, 0.05) is 30.1 Å². The normalized spacial score (nSPS) is 13.1. The van der Waals surface area contributed by atoms with Crippen LogP contribution in [0.1, 0.15) is 43.6 Å². The molecular formula is C28H27ClN2O3S. The van der Waals surface area contributed by atoms with Gasteiger partial charge in [0.1, 0.15) is 5.00 Å². The van der Waals surface area contributed by atoms with Crippen molar-refractivity contribution in [3.05, 3.63) is 99.9 Å². The largest absolute Gasteiger partial charge is 0.462 e. The van der Waals surface area contributed by atoms with Crippen LogP contribution in [0.2, 0.25) is 0 Å². The lowest BCUT2D eigenvalue weighted by atomic mass is 10.0. The van der Waals surface area contributed by atoms with Crippen molar-refractivity contribution >= 4 is 51.4 Å². The summed E-state index contributed by atoms with van der Waals surface area (Å²) >= 11 is 1.48. The number of thiophene rings is 1. The minimum absolute atomic E-state index is 0. The maximum Gasteiger partial charge on any atom is 0.341 e. The molecule has 1 N–H and O–H groups in total. The number of carbonyl (C=O) groups is 2. The zero-order chi connectivity index (χ0) is 23.5. The van der Waals surface area contributed by atoms with E-state index < -0.39 is 0 Å². The first kappa shape index (κ1) is 24.9. The van der Waals surface area contributed by atoms with Crippen molar-refractivity contribution in [2.24, 2.45) is 0 Å². The lowest BCUT2D eigenvalue weighted by Gasteiger charge is -2.27. The van der Waals surface area contributed by atoms with Gasteiger partial charge in [0.05, 0.1) is 12.2 Å². The van der Waals surface area contributed by atoms with Crippen LogP contribution in [0, 0.1) is 0 Å². The molecule has 1 aromatic heterocycles. The topological polar surface area (TPSA) is 58.6 Å². The minimum atomic E-state index is -0.370. The summed E-state index contributed by atoms with van der Waals surface area (Å²) in [5, 5.41) is 5.67. The Hall–Kier alpha value is -3.19. The Morgan fingerprint density at radius 3 is 2.51 bits per heavy atom. The Bertz CT molecular complexity index is 1350. The first-order valence-corrected chi connectivity index (χ1v) is 12.3. The van der Waals surface area contributed by atoms with Gasteiger partial charge in [-0.15, -0.1) is 23.7 Å². The molecule has 5 rings (SSSR count). The molecule has 1 aliphatic heterocycles. The highest BCUT2D eigenvalue weighted by Gasteiger charge is 2.29. The van der Waals surface area contributed by atoms with E-state index >= 15 is 0 Å².